The first-order valence-electron chi connectivity index (χ1n) is 17.3. The van der Waals surface area contributed by atoms with Crippen LogP contribution in [0.5, 0.6) is 0 Å². The summed E-state index contributed by atoms with van der Waals surface area (Å²) in [5.41, 5.74) is 0.525. The quantitative estimate of drug-likeness (QED) is 0.196. The molecule has 50 heavy (non-hydrogen) atoms. The topological polar surface area (TPSA) is 144 Å². The van der Waals surface area contributed by atoms with Gasteiger partial charge >= 0.3 is 6.09 Å². The molecule has 12 heteroatoms. The van der Waals surface area contributed by atoms with Gasteiger partial charge in [-0.15, -0.1) is 0 Å². The number of ether oxygens (including phenoxy) is 2. The molecule has 1 aromatic heterocycles. The number of hydrogen-bond donors (Lipinski definition) is 3. The molecule has 1 aliphatic rings. The number of carbonyl (C=O) groups excluding carboxylic acids is 4. The highest BCUT2D eigenvalue weighted by atomic mass is 16.6. The molecule has 0 aliphatic carbocycles. The first-order chi connectivity index (χ1) is 23.7. The SMILES string of the molecule is Cc1c(NC(=O)[C@@H](COCc2ccccc2)NC(=O)C(C)(C)NC(=O)OC(C)(C)C)ncn1CCCC(C(=O)N1CCCC1)c1ccccc1. The molecule has 2 heterocycles. The summed E-state index contributed by atoms with van der Waals surface area (Å²) in [6.07, 6.45) is 4.41. The minimum atomic E-state index is -1.40. The standard InChI is InChI=1S/C38H52N6O6/c1-27-32(39-26-44(27)23-15-20-30(29-18-11-8-12-19-29)34(46)43-21-13-14-22-43)41-33(45)31(25-49-24-28-16-9-7-10-17-28)40-35(47)38(5,6)42-36(48)50-37(2,3)4/h7-12,16-19,26,30-31H,13-15,20-25H2,1-6H3,(H,40,47)(H,41,45)(H,42,48)/t30?,31-/m1/s1. The van der Waals surface area contributed by atoms with E-state index in [1.54, 1.807) is 27.1 Å². The summed E-state index contributed by atoms with van der Waals surface area (Å²) in [6.45, 7) is 12.4. The Hall–Kier alpha value is -4.71. The molecular weight excluding hydrogens is 636 g/mol. The van der Waals surface area contributed by atoms with Crippen molar-refractivity contribution in [3.05, 3.63) is 83.8 Å². The van der Waals surface area contributed by atoms with Crippen LogP contribution < -0.4 is 16.0 Å². The van der Waals surface area contributed by atoms with Crippen LogP contribution in [0.2, 0.25) is 0 Å². The molecule has 4 amide bonds. The first-order valence-corrected chi connectivity index (χ1v) is 17.3. The predicted octanol–water partition coefficient (Wildman–Crippen LogP) is 5.32. The largest absolute Gasteiger partial charge is 0.444 e. The fraction of sp³-hybridized carbons (Fsp3) is 0.500. The number of carbonyl (C=O) groups is 4. The van der Waals surface area contributed by atoms with Gasteiger partial charge in [0.15, 0.2) is 5.82 Å². The van der Waals surface area contributed by atoms with Crippen LogP contribution in [0.15, 0.2) is 67.0 Å². The van der Waals surface area contributed by atoms with E-state index in [2.05, 4.69) is 20.9 Å². The van der Waals surface area contributed by atoms with E-state index in [-0.39, 0.29) is 25.0 Å². The second-order valence-corrected chi connectivity index (χ2v) is 14.3. The molecule has 3 aromatic rings. The zero-order valence-electron chi connectivity index (χ0n) is 30.2. The van der Waals surface area contributed by atoms with Crippen LogP contribution in [0.4, 0.5) is 10.6 Å². The lowest BCUT2D eigenvalue weighted by molar-refractivity contribution is -0.132. The number of likely N-dealkylation sites (tertiary alicyclic amines) is 1. The van der Waals surface area contributed by atoms with Crippen molar-refractivity contribution >= 4 is 29.6 Å². The van der Waals surface area contributed by atoms with E-state index in [1.165, 1.54) is 13.8 Å². The molecule has 0 spiro atoms. The van der Waals surface area contributed by atoms with Crippen LogP contribution in [0, 0.1) is 6.92 Å². The van der Waals surface area contributed by atoms with Gasteiger partial charge in [0.1, 0.15) is 17.2 Å². The van der Waals surface area contributed by atoms with Gasteiger partial charge in [0.2, 0.25) is 11.8 Å². The lowest BCUT2D eigenvalue weighted by atomic mass is 9.92. The van der Waals surface area contributed by atoms with E-state index in [4.69, 9.17) is 9.47 Å². The van der Waals surface area contributed by atoms with Gasteiger partial charge in [-0.1, -0.05) is 60.7 Å². The average Bonchev–Trinajstić information content (AvgIpc) is 3.72. The van der Waals surface area contributed by atoms with Crippen LogP contribution in [0.25, 0.3) is 0 Å². The number of hydrogen-bond acceptors (Lipinski definition) is 7. The van der Waals surface area contributed by atoms with Gasteiger partial charge in [-0.25, -0.2) is 9.78 Å². The summed E-state index contributed by atoms with van der Waals surface area (Å²) in [5, 5.41) is 8.16. The van der Waals surface area contributed by atoms with Crippen molar-refractivity contribution in [2.24, 2.45) is 0 Å². The third-order valence-electron chi connectivity index (χ3n) is 8.55. The number of aromatic nitrogens is 2. The lowest BCUT2D eigenvalue weighted by Gasteiger charge is -2.29. The molecular formula is C38H52N6O6. The van der Waals surface area contributed by atoms with Gasteiger partial charge in [-0.05, 0) is 78.4 Å². The maximum absolute atomic E-state index is 13.6. The molecule has 270 valence electrons. The molecule has 4 rings (SSSR count). The smallest absolute Gasteiger partial charge is 0.408 e. The summed E-state index contributed by atoms with van der Waals surface area (Å²) in [4.78, 5) is 59.3. The monoisotopic (exact) mass is 688 g/mol. The third-order valence-corrected chi connectivity index (χ3v) is 8.55. The second-order valence-electron chi connectivity index (χ2n) is 14.3. The highest BCUT2D eigenvalue weighted by Crippen LogP contribution is 2.27. The minimum Gasteiger partial charge on any atom is -0.444 e. The molecule has 1 unspecified atom stereocenters. The molecule has 1 aliphatic heterocycles. The number of nitrogens with zero attached hydrogens (tertiary/aromatic N) is 3. The summed E-state index contributed by atoms with van der Waals surface area (Å²) >= 11 is 0. The van der Waals surface area contributed by atoms with E-state index in [0.717, 1.165) is 49.2 Å². The summed E-state index contributed by atoms with van der Waals surface area (Å²) in [5.74, 6) is -0.794. The molecule has 0 bridgehead atoms. The van der Waals surface area contributed by atoms with E-state index in [9.17, 15) is 19.2 Å². The Balaban J connectivity index is 1.41. The fourth-order valence-corrected chi connectivity index (χ4v) is 5.74. The van der Waals surface area contributed by atoms with E-state index in [0.29, 0.717) is 18.8 Å². The van der Waals surface area contributed by atoms with Crippen molar-refractivity contribution in [3.63, 3.8) is 0 Å². The fourth-order valence-electron chi connectivity index (χ4n) is 5.74. The van der Waals surface area contributed by atoms with Crippen molar-refractivity contribution in [2.75, 3.05) is 25.0 Å². The maximum atomic E-state index is 13.6. The molecule has 0 saturated carbocycles. The van der Waals surface area contributed by atoms with Gasteiger partial charge in [0.05, 0.1) is 31.2 Å². The number of imidazole rings is 1. The Kier molecular flexibility index (Phi) is 13.2. The number of alkyl carbamates (subject to hydrolysis) is 1. The van der Waals surface area contributed by atoms with E-state index in [1.807, 2.05) is 77.1 Å². The Morgan fingerprint density at radius 2 is 1.56 bits per heavy atom. The van der Waals surface area contributed by atoms with Gasteiger partial charge in [-0.2, -0.15) is 0 Å². The summed E-state index contributed by atoms with van der Waals surface area (Å²) in [6, 6.07) is 18.3. The summed E-state index contributed by atoms with van der Waals surface area (Å²) < 4.78 is 13.1. The number of amides is 4. The number of benzene rings is 2. The molecule has 2 atom stereocenters. The Morgan fingerprint density at radius 3 is 2.20 bits per heavy atom. The van der Waals surface area contributed by atoms with Gasteiger partial charge in [0, 0.05) is 19.6 Å². The van der Waals surface area contributed by atoms with Gasteiger partial charge < -0.3 is 34.9 Å². The minimum absolute atomic E-state index is 0.124. The van der Waals surface area contributed by atoms with Crippen LogP contribution in [0.1, 0.15) is 83.0 Å². The summed E-state index contributed by atoms with van der Waals surface area (Å²) in [7, 11) is 0. The number of nitrogens with one attached hydrogen (secondary N) is 3. The van der Waals surface area contributed by atoms with Crippen molar-refractivity contribution in [1.82, 2.24) is 25.1 Å². The molecule has 12 nitrogen and oxygen atoms in total. The Bertz CT molecular complexity index is 1580. The maximum Gasteiger partial charge on any atom is 0.408 e. The molecule has 2 aromatic carbocycles. The Labute approximate surface area is 295 Å². The van der Waals surface area contributed by atoms with Crippen LogP contribution >= 0.6 is 0 Å². The van der Waals surface area contributed by atoms with Crippen molar-refractivity contribution < 1.29 is 28.7 Å². The molecule has 1 fully saturated rings. The zero-order valence-corrected chi connectivity index (χ0v) is 30.2. The highest BCUT2D eigenvalue weighted by molar-refractivity contribution is 5.99. The average molecular weight is 689 g/mol. The molecule has 0 radical (unpaired) electrons. The van der Waals surface area contributed by atoms with Crippen molar-refractivity contribution in [1.29, 1.82) is 0 Å². The van der Waals surface area contributed by atoms with Gasteiger partial charge in [-0.3, -0.25) is 14.4 Å². The van der Waals surface area contributed by atoms with Gasteiger partial charge in [0.25, 0.3) is 5.91 Å². The highest BCUT2D eigenvalue weighted by Gasteiger charge is 2.35. The number of aryl methyl sites for hydroxylation is 1. The van der Waals surface area contributed by atoms with Crippen molar-refractivity contribution in [2.45, 2.75) is 103 Å². The Morgan fingerprint density at radius 1 is 0.920 bits per heavy atom. The number of rotatable bonds is 15. The zero-order chi connectivity index (χ0) is 36.3. The first kappa shape index (κ1) is 38.1. The lowest BCUT2D eigenvalue weighted by Crippen LogP contribution is -2.59. The number of anilines is 1. The third kappa shape index (κ3) is 11.2. The van der Waals surface area contributed by atoms with Crippen LogP contribution in [0.3, 0.4) is 0 Å². The van der Waals surface area contributed by atoms with Crippen LogP contribution in [-0.4, -0.2) is 75.1 Å². The van der Waals surface area contributed by atoms with E-state index >= 15 is 0 Å². The second kappa shape index (κ2) is 17.3. The normalized spacial score (nSPS) is 14.5. The molecule has 3 N–H and O–H groups in total. The van der Waals surface area contributed by atoms with Crippen LogP contribution in [-0.2, 0) is 37.0 Å². The van der Waals surface area contributed by atoms with E-state index < -0.39 is 35.1 Å². The molecule has 1 saturated heterocycles. The van der Waals surface area contributed by atoms with Crippen molar-refractivity contribution in [3.8, 4) is 0 Å². The predicted molar refractivity (Wildman–Crippen MR) is 191 cm³/mol.